The van der Waals surface area contributed by atoms with Gasteiger partial charge in [0.2, 0.25) is 0 Å². The summed E-state index contributed by atoms with van der Waals surface area (Å²) in [4.78, 5) is 41.1. The van der Waals surface area contributed by atoms with Crippen LogP contribution >= 0.6 is 15.9 Å². The first-order valence-corrected chi connectivity index (χ1v) is 7.60. The maximum atomic E-state index is 12.1. The number of fused-ring (bicyclic) bond motifs is 1. The van der Waals surface area contributed by atoms with Crippen molar-refractivity contribution in [2.75, 3.05) is 13.2 Å². The van der Waals surface area contributed by atoms with E-state index in [0.717, 1.165) is 4.90 Å². The van der Waals surface area contributed by atoms with Crippen molar-refractivity contribution in [3.05, 3.63) is 63.9 Å². The van der Waals surface area contributed by atoms with Gasteiger partial charge in [-0.15, -0.1) is 0 Å². The lowest BCUT2D eigenvalue weighted by Gasteiger charge is -2.13. The van der Waals surface area contributed by atoms with Gasteiger partial charge in [0.15, 0.2) is 0 Å². The molecule has 3 rings (SSSR count). The van der Waals surface area contributed by atoms with Crippen molar-refractivity contribution in [3.8, 4) is 0 Å². The first-order valence-electron chi connectivity index (χ1n) is 6.81. The monoisotopic (exact) mass is 374 g/mol. The number of carbonyl (C=O) groups is 3. The molecule has 2 amide bonds. The summed E-state index contributed by atoms with van der Waals surface area (Å²) in [7, 11) is 0. The number of pyridine rings is 1. The Labute approximate surface area is 140 Å². The molecule has 7 heteroatoms. The Balaban J connectivity index is 1.61. The number of aromatic nitrogens is 1. The predicted molar refractivity (Wildman–Crippen MR) is 84.0 cm³/mol. The van der Waals surface area contributed by atoms with Crippen LogP contribution in [-0.4, -0.2) is 40.8 Å². The lowest BCUT2D eigenvalue weighted by molar-refractivity contribution is 0.0420. The minimum absolute atomic E-state index is 0.0134. The molecule has 0 saturated carbocycles. The summed E-state index contributed by atoms with van der Waals surface area (Å²) >= 11 is 3.22. The fourth-order valence-electron chi connectivity index (χ4n) is 2.28. The van der Waals surface area contributed by atoms with Crippen molar-refractivity contribution in [3.63, 3.8) is 0 Å². The second-order valence-corrected chi connectivity index (χ2v) is 5.75. The number of benzene rings is 1. The first-order chi connectivity index (χ1) is 11.1. The number of halogens is 1. The number of hydrogen-bond donors (Lipinski definition) is 0. The maximum absolute atomic E-state index is 12.1. The van der Waals surface area contributed by atoms with Gasteiger partial charge in [-0.3, -0.25) is 19.5 Å². The SMILES string of the molecule is O=C(OCCN1C(=O)c2ccccc2C1=O)c1cncc(Br)c1. The molecule has 116 valence electrons. The first kappa shape index (κ1) is 15.4. The number of carbonyl (C=O) groups excluding carboxylic acids is 3. The van der Waals surface area contributed by atoms with E-state index in [-0.39, 0.29) is 25.0 Å². The van der Waals surface area contributed by atoms with Crippen LogP contribution in [0.25, 0.3) is 0 Å². The summed E-state index contributed by atoms with van der Waals surface area (Å²) in [5.74, 6) is -1.30. The third kappa shape index (κ3) is 3.00. The van der Waals surface area contributed by atoms with Crippen molar-refractivity contribution < 1.29 is 19.1 Å². The number of hydrogen-bond acceptors (Lipinski definition) is 5. The fraction of sp³-hybridized carbons (Fsp3) is 0.125. The summed E-state index contributed by atoms with van der Waals surface area (Å²) in [6.07, 6.45) is 2.94. The molecule has 0 unspecified atom stereocenters. The van der Waals surface area contributed by atoms with E-state index in [2.05, 4.69) is 20.9 Å². The Morgan fingerprint density at radius 3 is 2.39 bits per heavy atom. The largest absolute Gasteiger partial charge is 0.460 e. The van der Waals surface area contributed by atoms with Crippen LogP contribution in [0.4, 0.5) is 0 Å². The minimum atomic E-state index is -0.560. The Morgan fingerprint density at radius 2 is 1.78 bits per heavy atom. The fourth-order valence-corrected chi connectivity index (χ4v) is 2.64. The van der Waals surface area contributed by atoms with Crippen LogP contribution < -0.4 is 0 Å². The number of imide groups is 1. The molecule has 6 nitrogen and oxygen atoms in total. The standard InChI is InChI=1S/C16H11BrN2O4/c17-11-7-10(8-18-9-11)16(22)23-6-5-19-14(20)12-3-1-2-4-13(12)15(19)21/h1-4,7-9H,5-6H2. The number of rotatable bonds is 4. The van der Waals surface area contributed by atoms with Gasteiger partial charge in [-0.25, -0.2) is 4.79 Å². The normalized spacial score (nSPS) is 13.2. The second-order valence-electron chi connectivity index (χ2n) is 4.84. The van der Waals surface area contributed by atoms with Crippen LogP contribution in [0.2, 0.25) is 0 Å². The Morgan fingerprint density at radius 1 is 1.13 bits per heavy atom. The van der Waals surface area contributed by atoms with Gasteiger partial charge < -0.3 is 4.74 Å². The molecule has 0 saturated heterocycles. The lowest BCUT2D eigenvalue weighted by atomic mass is 10.1. The van der Waals surface area contributed by atoms with E-state index in [4.69, 9.17) is 4.74 Å². The quantitative estimate of drug-likeness (QED) is 0.606. The van der Waals surface area contributed by atoms with Crippen LogP contribution in [-0.2, 0) is 4.74 Å². The zero-order chi connectivity index (χ0) is 16.4. The van der Waals surface area contributed by atoms with E-state index in [0.29, 0.717) is 21.2 Å². The van der Waals surface area contributed by atoms with E-state index in [9.17, 15) is 14.4 Å². The highest BCUT2D eigenvalue weighted by Gasteiger charge is 2.34. The van der Waals surface area contributed by atoms with Gasteiger partial charge in [0.1, 0.15) is 6.61 Å². The summed E-state index contributed by atoms with van der Waals surface area (Å²) in [5.41, 5.74) is 1.04. The molecule has 0 spiro atoms. The molecule has 0 radical (unpaired) electrons. The highest BCUT2D eigenvalue weighted by atomic mass is 79.9. The van der Waals surface area contributed by atoms with Gasteiger partial charge in [0.25, 0.3) is 11.8 Å². The molecule has 1 aromatic carbocycles. The van der Waals surface area contributed by atoms with E-state index in [1.54, 1.807) is 36.5 Å². The van der Waals surface area contributed by atoms with Gasteiger partial charge in [-0.2, -0.15) is 0 Å². The predicted octanol–water partition coefficient (Wildman–Crippen LogP) is 2.30. The zero-order valence-electron chi connectivity index (χ0n) is 11.9. The molecule has 23 heavy (non-hydrogen) atoms. The van der Waals surface area contributed by atoms with Gasteiger partial charge in [-0.05, 0) is 34.1 Å². The van der Waals surface area contributed by atoms with Crippen molar-refractivity contribution in [1.29, 1.82) is 0 Å². The molecule has 0 aliphatic carbocycles. The molecule has 0 atom stereocenters. The minimum Gasteiger partial charge on any atom is -0.460 e. The molecule has 0 bridgehead atoms. The molecule has 1 aliphatic heterocycles. The Bertz CT molecular complexity index is 771. The summed E-state index contributed by atoms with van der Waals surface area (Å²) in [6.45, 7) is -0.0592. The average Bonchev–Trinajstić information content (AvgIpc) is 2.80. The lowest BCUT2D eigenvalue weighted by Crippen LogP contribution is -2.33. The number of ether oxygens (including phenoxy) is 1. The molecule has 1 aromatic heterocycles. The second kappa shape index (κ2) is 6.29. The third-order valence-corrected chi connectivity index (χ3v) is 3.80. The third-order valence-electron chi connectivity index (χ3n) is 3.37. The van der Waals surface area contributed by atoms with Crippen molar-refractivity contribution >= 4 is 33.7 Å². The smallest absolute Gasteiger partial charge is 0.339 e. The van der Waals surface area contributed by atoms with Crippen LogP contribution in [0.1, 0.15) is 31.1 Å². The molecule has 0 N–H and O–H groups in total. The highest BCUT2D eigenvalue weighted by molar-refractivity contribution is 9.10. The Hall–Kier alpha value is -2.54. The van der Waals surface area contributed by atoms with Crippen LogP contribution in [0.3, 0.4) is 0 Å². The molecule has 0 fully saturated rings. The summed E-state index contributed by atoms with van der Waals surface area (Å²) in [5, 5.41) is 0. The number of nitrogens with zero attached hydrogens (tertiary/aromatic N) is 2. The van der Waals surface area contributed by atoms with Crippen molar-refractivity contribution in [2.45, 2.75) is 0 Å². The molecular formula is C16H11BrN2O4. The van der Waals surface area contributed by atoms with Crippen molar-refractivity contribution in [1.82, 2.24) is 9.88 Å². The van der Waals surface area contributed by atoms with Gasteiger partial charge in [0, 0.05) is 16.9 Å². The van der Waals surface area contributed by atoms with Crippen LogP contribution in [0, 0.1) is 0 Å². The average molecular weight is 375 g/mol. The van der Waals surface area contributed by atoms with E-state index < -0.39 is 5.97 Å². The van der Waals surface area contributed by atoms with E-state index >= 15 is 0 Å². The Kier molecular flexibility index (Phi) is 4.20. The van der Waals surface area contributed by atoms with Crippen molar-refractivity contribution in [2.24, 2.45) is 0 Å². The molecule has 2 heterocycles. The zero-order valence-corrected chi connectivity index (χ0v) is 13.4. The van der Waals surface area contributed by atoms with Gasteiger partial charge in [-0.1, -0.05) is 12.1 Å². The highest BCUT2D eigenvalue weighted by Crippen LogP contribution is 2.22. The summed E-state index contributed by atoms with van der Waals surface area (Å²) in [6, 6.07) is 8.20. The van der Waals surface area contributed by atoms with Gasteiger partial charge in [0.05, 0.1) is 23.2 Å². The van der Waals surface area contributed by atoms with Gasteiger partial charge >= 0.3 is 5.97 Å². The number of amides is 2. The molecule has 2 aromatic rings. The van der Waals surface area contributed by atoms with Crippen LogP contribution in [0.5, 0.6) is 0 Å². The van der Waals surface area contributed by atoms with E-state index in [1.165, 1.54) is 6.20 Å². The molecule has 1 aliphatic rings. The van der Waals surface area contributed by atoms with E-state index in [1.807, 2.05) is 0 Å². The summed E-state index contributed by atoms with van der Waals surface area (Å²) < 4.78 is 5.75. The molecular weight excluding hydrogens is 364 g/mol. The topological polar surface area (TPSA) is 76.6 Å². The maximum Gasteiger partial charge on any atom is 0.339 e. The van der Waals surface area contributed by atoms with Crippen LogP contribution in [0.15, 0.2) is 47.2 Å². The number of esters is 1.